The number of carbonyl (C=O) groups excluding carboxylic acids is 1. The summed E-state index contributed by atoms with van der Waals surface area (Å²) < 4.78 is 26.4. The van der Waals surface area contributed by atoms with Crippen molar-refractivity contribution >= 4 is 21.8 Å². The molecule has 0 unspecified atom stereocenters. The van der Waals surface area contributed by atoms with E-state index in [9.17, 15) is 13.6 Å². The molecule has 0 aliphatic rings. The molecule has 0 spiro atoms. The molecule has 0 aliphatic carbocycles. The molecule has 0 N–H and O–H groups in total. The van der Waals surface area contributed by atoms with Crippen LogP contribution >= 0.6 is 15.9 Å². The summed E-state index contributed by atoms with van der Waals surface area (Å²) in [5, 5.41) is 0. The maximum absolute atomic E-state index is 13.4. The summed E-state index contributed by atoms with van der Waals surface area (Å²) in [6, 6.07) is 10.2. The molecule has 1 amide bonds. The summed E-state index contributed by atoms with van der Waals surface area (Å²) in [6.45, 7) is 0.321. The largest absolute Gasteiger partial charge is 0.337 e. The maximum atomic E-state index is 13.4. The number of benzene rings is 2. The van der Waals surface area contributed by atoms with Crippen LogP contribution in [0.15, 0.2) is 46.9 Å². The second-order valence-electron chi connectivity index (χ2n) is 4.39. The van der Waals surface area contributed by atoms with E-state index in [1.54, 1.807) is 25.2 Å². The van der Waals surface area contributed by atoms with Gasteiger partial charge in [0.15, 0.2) is 0 Å². The predicted molar refractivity (Wildman–Crippen MR) is 76.3 cm³/mol. The lowest BCUT2D eigenvalue weighted by molar-refractivity contribution is 0.0783. The van der Waals surface area contributed by atoms with Gasteiger partial charge in [0.1, 0.15) is 11.6 Å². The summed E-state index contributed by atoms with van der Waals surface area (Å²) in [7, 11) is 1.61. The number of amides is 1. The van der Waals surface area contributed by atoms with Crippen LogP contribution in [0.2, 0.25) is 0 Å². The van der Waals surface area contributed by atoms with E-state index < -0.39 is 5.82 Å². The minimum Gasteiger partial charge on any atom is -0.337 e. The molecule has 0 heterocycles. The number of hydrogen-bond acceptors (Lipinski definition) is 1. The van der Waals surface area contributed by atoms with Gasteiger partial charge in [0.05, 0.1) is 10.0 Å². The summed E-state index contributed by atoms with van der Waals surface area (Å²) in [5.74, 6) is -1.11. The first-order valence-electron chi connectivity index (χ1n) is 5.93. The first kappa shape index (κ1) is 14.7. The van der Waals surface area contributed by atoms with Crippen molar-refractivity contribution in [3.8, 4) is 0 Å². The van der Waals surface area contributed by atoms with Crippen molar-refractivity contribution in [2.75, 3.05) is 7.05 Å². The van der Waals surface area contributed by atoms with E-state index >= 15 is 0 Å². The van der Waals surface area contributed by atoms with E-state index in [4.69, 9.17) is 0 Å². The molecule has 0 atom stereocenters. The number of halogens is 3. The fourth-order valence-corrected chi connectivity index (χ4v) is 2.24. The Hall–Kier alpha value is -1.75. The van der Waals surface area contributed by atoms with E-state index in [0.717, 1.165) is 5.56 Å². The molecule has 2 aromatic rings. The molecule has 0 fully saturated rings. The Balaban J connectivity index is 2.16. The van der Waals surface area contributed by atoms with Crippen LogP contribution in [-0.4, -0.2) is 17.9 Å². The Bertz CT molecular complexity index is 628. The Morgan fingerprint density at radius 3 is 2.45 bits per heavy atom. The van der Waals surface area contributed by atoms with Gasteiger partial charge in [0.2, 0.25) is 0 Å². The third kappa shape index (κ3) is 3.22. The van der Waals surface area contributed by atoms with Crippen molar-refractivity contribution in [3.05, 3.63) is 69.7 Å². The number of hydrogen-bond donors (Lipinski definition) is 0. The summed E-state index contributed by atoms with van der Waals surface area (Å²) in [4.78, 5) is 13.7. The zero-order valence-corrected chi connectivity index (χ0v) is 12.3. The molecule has 2 nitrogen and oxygen atoms in total. The number of nitrogens with zero attached hydrogens (tertiary/aromatic N) is 1. The van der Waals surface area contributed by atoms with Crippen LogP contribution in [0, 0.1) is 11.6 Å². The van der Waals surface area contributed by atoms with E-state index in [1.165, 1.54) is 29.2 Å². The van der Waals surface area contributed by atoms with E-state index in [1.807, 2.05) is 0 Å². The van der Waals surface area contributed by atoms with Gasteiger partial charge >= 0.3 is 0 Å². The van der Waals surface area contributed by atoms with Gasteiger partial charge in [-0.05, 0) is 45.8 Å². The normalized spacial score (nSPS) is 10.4. The van der Waals surface area contributed by atoms with Crippen LogP contribution in [-0.2, 0) is 6.54 Å². The zero-order valence-electron chi connectivity index (χ0n) is 10.7. The predicted octanol–water partition coefficient (Wildman–Crippen LogP) is 4.00. The van der Waals surface area contributed by atoms with E-state index in [-0.39, 0.29) is 21.8 Å². The molecule has 0 saturated heterocycles. The Morgan fingerprint density at radius 1 is 1.15 bits per heavy atom. The van der Waals surface area contributed by atoms with Crippen molar-refractivity contribution in [2.45, 2.75) is 6.54 Å². The molecule has 0 aromatic heterocycles. The third-order valence-corrected chi connectivity index (χ3v) is 3.67. The molecule has 2 aromatic carbocycles. The average Bonchev–Trinajstić information content (AvgIpc) is 2.43. The van der Waals surface area contributed by atoms with Crippen LogP contribution in [0.4, 0.5) is 8.78 Å². The molecule has 104 valence electrons. The van der Waals surface area contributed by atoms with Gasteiger partial charge in [-0.3, -0.25) is 4.79 Å². The molecule has 20 heavy (non-hydrogen) atoms. The topological polar surface area (TPSA) is 20.3 Å². The van der Waals surface area contributed by atoms with Gasteiger partial charge in [0.25, 0.3) is 5.91 Å². The lowest BCUT2D eigenvalue weighted by Gasteiger charge is -2.18. The van der Waals surface area contributed by atoms with Crippen LogP contribution in [0.25, 0.3) is 0 Å². The van der Waals surface area contributed by atoms with Crippen LogP contribution < -0.4 is 0 Å². The Kier molecular flexibility index (Phi) is 4.49. The van der Waals surface area contributed by atoms with Crippen LogP contribution in [0.5, 0.6) is 0 Å². The van der Waals surface area contributed by atoms with Crippen LogP contribution in [0.3, 0.4) is 0 Å². The fourth-order valence-electron chi connectivity index (χ4n) is 1.81. The lowest BCUT2D eigenvalue weighted by atomic mass is 10.1. The second kappa shape index (κ2) is 6.13. The van der Waals surface area contributed by atoms with Gasteiger partial charge in [-0.25, -0.2) is 8.78 Å². The number of rotatable bonds is 3. The Labute approximate surface area is 124 Å². The van der Waals surface area contributed by atoms with Crippen molar-refractivity contribution in [2.24, 2.45) is 0 Å². The minimum atomic E-state index is -0.481. The second-order valence-corrected chi connectivity index (χ2v) is 5.18. The molecule has 0 radical (unpaired) electrons. The summed E-state index contributed by atoms with van der Waals surface area (Å²) in [5.41, 5.74) is 1.06. The quantitative estimate of drug-likeness (QED) is 0.827. The highest BCUT2D eigenvalue weighted by atomic mass is 79.9. The van der Waals surface area contributed by atoms with E-state index in [0.29, 0.717) is 6.54 Å². The molecular formula is C15H12BrF2NO. The molecule has 0 aliphatic heterocycles. The standard InChI is InChI=1S/C15H12BrF2NO/c1-19(9-10-5-7-11(17)8-6-10)15(20)12-3-2-4-13(18)14(12)16/h2-8H,9H2,1H3. The van der Waals surface area contributed by atoms with Crippen molar-refractivity contribution < 1.29 is 13.6 Å². The van der Waals surface area contributed by atoms with Gasteiger partial charge in [0, 0.05) is 13.6 Å². The number of carbonyl (C=O) groups is 1. The molecule has 0 saturated carbocycles. The molecular weight excluding hydrogens is 328 g/mol. The average molecular weight is 340 g/mol. The highest BCUT2D eigenvalue weighted by molar-refractivity contribution is 9.10. The highest BCUT2D eigenvalue weighted by Crippen LogP contribution is 2.22. The summed E-state index contributed by atoms with van der Waals surface area (Å²) in [6.07, 6.45) is 0. The van der Waals surface area contributed by atoms with Gasteiger partial charge in [-0.2, -0.15) is 0 Å². The first-order chi connectivity index (χ1) is 9.49. The van der Waals surface area contributed by atoms with Crippen molar-refractivity contribution in [1.29, 1.82) is 0 Å². The van der Waals surface area contributed by atoms with Gasteiger partial charge in [-0.15, -0.1) is 0 Å². The first-order valence-corrected chi connectivity index (χ1v) is 6.72. The molecule has 5 heteroatoms. The van der Waals surface area contributed by atoms with Crippen molar-refractivity contribution in [3.63, 3.8) is 0 Å². The SMILES string of the molecule is CN(Cc1ccc(F)cc1)C(=O)c1cccc(F)c1Br. The monoisotopic (exact) mass is 339 g/mol. The van der Waals surface area contributed by atoms with Gasteiger partial charge in [-0.1, -0.05) is 18.2 Å². The lowest BCUT2D eigenvalue weighted by Crippen LogP contribution is -2.26. The summed E-state index contributed by atoms with van der Waals surface area (Å²) >= 11 is 3.07. The smallest absolute Gasteiger partial charge is 0.255 e. The van der Waals surface area contributed by atoms with Crippen molar-refractivity contribution in [1.82, 2.24) is 4.90 Å². The highest BCUT2D eigenvalue weighted by Gasteiger charge is 2.17. The van der Waals surface area contributed by atoms with E-state index in [2.05, 4.69) is 15.9 Å². The minimum absolute atomic E-state index is 0.149. The maximum Gasteiger partial charge on any atom is 0.255 e. The van der Waals surface area contributed by atoms with Gasteiger partial charge < -0.3 is 4.90 Å². The Morgan fingerprint density at radius 2 is 1.80 bits per heavy atom. The zero-order chi connectivity index (χ0) is 14.7. The van der Waals surface area contributed by atoms with Crippen LogP contribution in [0.1, 0.15) is 15.9 Å². The fraction of sp³-hybridized carbons (Fsp3) is 0.133. The third-order valence-electron chi connectivity index (χ3n) is 2.86. The molecule has 2 rings (SSSR count). The molecule has 0 bridgehead atoms.